The van der Waals surface area contributed by atoms with Crippen molar-refractivity contribution in [3.8, 4) is 17.2 Å². The fraction of sp³-hybridized carbons (Fsp3) is 0.222. The van der Waals surface area contributed by atoms with E-state index >= 15 is 0 Å². The Morgan fingerprint density at radius 1 is 1.19 bits per heavy atom. The second-order valence-electron chi connectivity index (χ2n) is 4.93. The van der Waals surface area contributed by atoms with Crippen LogP contribution < -0.4 is 0 Å². The first kappa shape index (κ1) is 14.8. The number of nitriles is 1. The maximum atomic E-state index is 11.4. The van der Waals surface area contributed by atoms with E-state index in [0.717, 1.165) is 36.0 Å². The van der Waals surface area contributed by atoms with Crippen molar-refractivity contribution in [3.05, 3.63) is 59.2 Å². The first-order chi connectivity index (χ1) is 10.2. The highest BCUT2D eigenvalue weighted by molar-refractivity contribution is 5.92. The second kappa shape index (κ2) is 6.71. The lowest BCUT2D eigenvalue weighted by atomic mass is 9.91. The van der Waals surface area contributed by atoms with Crippen molar-refractivity contribution in [2.75, 3.05) is 0 Å². The summed E-state index contributed by atoms with van der Waals surface area (Å²) in [7, 11) is 0. The van der Waals surface area contributed by atoms with Gasteiger partial charge in [0.2, 0.25) is 0 Å². The van der Waals surface area contributed by atoms with Crippen molar-refractivity contribution >= 4 is 5.97 Å². The minimum absolute atomic E-state index is 0.366. The summed E-state index contributed by atoms with van der Waals surface area (Å²) < 4.78 is 0. The molecule has 0 saturated carbocycles. The monoisotopic (exact) mass is 279 g/mol. The van der Waals surface area contributed by atoms with Crippen LogP contribution in [0.15, 0.2) is 42.5 Å². The molecule has 106 valence electrons. The molecule has 0 saturated heterocycles. The van der Waals surface area contributed by atoms with E-state index in [4.69, 9.17) is 5.26 Å². The Bertz CT molecular complexity index is 681. The lowest BCUT2D eigenvalue weighted by Crippen LogP contribution is -2.04. The van der Waals surface area contributed by atoms with Crippen LogP contribution >= 0.6 is 0 Å². The molecule has 0 fully saturated rings. The van der Waals surface area contributed by atoms with Gasteiger partial charge in [0.15, 0.2) is 0 Å². The highest BCUT2D eigenvalue weighted by atomic mass is 16.4. The molecule has 0 aliphatic rings. The molecule has 3 heteroatoms. The van der Waals surface area contributed by atoms with Gasteiger partial charge in [0, 0.05) is 0 Å². The van der Waals surface area contributed by atoms with Gasteiger partial charge in [-0.25, -0.2) is 4.79 Å². The number of nitrogens with zero attached hydrogens (tertiary/aromatic N) is 1. The molecule has 0 radical (unpaired) electrons. The smallest absolute Gasteiger partial charge is 0.335 e. The van der Waals surface area contributed by atoms with Crippen LogP contribution in [0.4, 0.5) is 0 Å². The van der Waals surface area contributed by atoms with Gasteiger partial charge in [-0.05, 0) is 47.7 Å². The van der Waals surface area contributed by atoms with Gasteiger partial charge in [0.25, 0.3) is 0 Å². The molecular formula is C18H17NO2. The molecule has 3 nitrogen and oxygen atoms in total. The van der Waals surface area contributed by atoms with E-state index in [1.165, 1.54) is 0 Å². The van der Waals surface area contributed by atoms with Gasteiger partial charge in [-0.1, -0.05) is 37.6 Å². The van der Waals surface area contributed by atoms with Crippen molar-refractivity contribution in [3.63, 3.8) is 0 Å². The topological polar surface area (TPSA) is 61.1 Å². The standard InChI is InChI=1S/C18H17NO2/c1-2-3-5-16-15(6-4-7-17(16)18(20)21)14-10-8-13(12-19)9-11-14/h4,6-11H,2-3,5H2,1H3,(H,20,21). The van der Waals surface area contributed by atoms with Crippen LogP contribution in [0.1, 0.15) is 41.3 Å². The molecule has 0 aromatic heterocycles. The maximum absolute atomic E-state index is 11.4. The highest BCUT2D eigenvalue weighted by Crippen LogP contribution is 2.28. The summed E-state index contributed by atoms with van der Waals surface area (Å²) in [5.74, 6) is -0.892. The third-order valence-electron chi connectivity index (χ3n) is 3.51. The largest absolute Gasteiger partial charge is 0.478 e. The Hall–Kier alpha value is -2.60. The molecule has 0 amide bonds. The van der Waals surface area contributed by atoms with Crippen molar-refractivity contribution in [1.29, 1.82) is 5.26 Å². The number of carboxylic acid groups (broad SMARTS) is 1. The van der Waals surface area contributed by atoms with Crippen molar-refractivity contribution in [1.82, 2.24) is 0 Å². The zero-order chi connectivity index (χ0) is 15.2. The number of hydrogen-bond donors (Lipinski definition) is 1. The summed E-state index contributed by atoms with van der Waals surface area (Å²) in [6.45, 7) is 2.09. The number of benzene rings is 2. The van der Waals surface area contributed by atoms with E-state index in [2.05, 4.69) is 13.0 Å². The molecule has 0 atom stereocenters. The maximum Gasteiger partial charge on any atom is 0.335 e. The predicted octanol–water partition coefficient (Wildman–Crippen LogP) is 4.27. The van der Waals surface area contributed by atoms with Crippen LogP contribution in [0.3, 0.4) is 0 Å². The Labute approximate surface area is 124 Å². The number of rotatable bonds is 5. The number of unbranched alkanes of at least 4 members (excludes halogenated alkanes) is 1. The molecule has 0 unspecified atom stereocenters. The quantitative estimate of drug-likeness (QED) is 0.889. The average molecular weight is 279 g/mol. The Morgan fingerprint density at radius 2 is 1.90 bits per heavy atom. The molecular weight excluding hydrogens is 262 g/mol. The minimum Gasteiger partial charge on any atom is -0.478 e. The van der Waals surface area contributed by atoms with Crippen LogP contribution in [-0.4, -0.2) is 11.1 Å². The zero-order valence-electron chi connectivity index (χ0n) is 12.0. The minimum atomic E-state index is -0.892. The average Bonchev–Trinajstić information content (AvgIpc) is 2.52. The van der Waals surface area contributed by atoms with Gasteiger partial charge in [0.05, 0.1) is 17.2 Å². The first-order valence-electron chi connectivity index (χ1n) is 7.03. The number of aromatic carboxylic acids is 1. The summed E-state index contributed by atoms with van der Waals surface area (Å²) in [6, 6.07) is 14.7. The molecule has 2 aromatic rings. The molecule has 0 heterocycles. The van der Waals surface area contributed by atoms with Gasteiger partial charge < -0.3 is 5.11 Å². The summed E-state index contributed by atoms with van der Waals surface area (Å²) >= 11 is 0. The molecule has 2 aromatic carbocycles. The van der Waals surface area contributed by atoms with Crippen LogP contribution in [0.5, 0.6) is 0 Å². The van der Waals surface area contributed by atoms with Gasteiger partial charge in [-0.15, -0.1) is 0 Å². The molecule has 21 heavy (non-hydrogen) atoms. The predicted molar refractivity (Wildman–Crippen MR) is 82.2 cm³/mol. The normalized spacial score (nSPS) is 10.1. The fourth-order valence-electron chi connectivity index (χ4n) is 2.40. The van der Waals surface area contributed by atoms with Gasteiger partial charge in [-0.2, -0.15) is 5.26 Å². The lowest BCUT2D eigenvalue weighted by Gasteiger charge is -2.13. The third-order valence-corrected chi connectivity index (χ3v) is 3.51. The van der Waals surface area contributed by atoms with E-state index in [1.54, 1.807) is 24.3 Å². The summed E-state index contributed by atoms with van der Waals surface area (Å²) in [6.07, 6.45) is 2.71. The van der Waals surface area contributed by atoms with Crippen molar-refractivity contribution in [2.45, 2.75) is 26.2 Å². The molecule has 0 aliphatic carbocycles. The Morgan fingerprint density at radius 3 is 2.48 bits per heavy atom. The van der Waals surface area contributed by atoms with Gasteiger partial charge in [0.1, 0.15) is 0 Å². The van der Waals surface area contributed by atoms with E-state index in [9.17, 15) is 9.90 Å². The molecule has 1 N–H and O–H groups in total. The van der Waals surface area contributed by atoms with Crippen molar-refractivity contribution < 1.29 is 9.90 Å². The second-order valence-corrected chi connectivity index (χ2v) is 4.93. The zero-order valence-corrected chi connectivity index (χ0v) is 12.0. The molecule has 0 aliphatic heterocycles. The number of carboxylic acids is 1. The van der Waals surface area contributed by atoms with Gasteiger partial charge in [-0.3, -0.25) is 0 Å². The number of carbonyl (C=O) groups is 1. The first-order valence-corrected chi connectivity index (χ1v) is 7.03. The highest BCUT2D eigenvalue weighted by Gasteiger charge is 2.14. The van der Waals surface area contributed by atoms with Crippen LogP contribution in [0.2, 0.25) is 0 Å². The van der Waals surface area contributed by atoms with Crippen molar-refractivity contribution in [2.24, 2.45) is 0 Å². The molecule has 0 spiro atoms. The third kappa shape index (κ3) is 3.29. The SMILES string of the molecule is CCCCc1c(C(=O)O)cccc1-c1ccc(C#N)cc1. The van der Waals surface area contributed by atoms with E-state index in [1.807, 2.05) is 18.2 Å². The van der Waals surface area contributed by atoms with E-state index < -0.39 is 5.97 Å². The fourth-order valence-corrected chi connectivity index (χ4v) is 2.40. The summed E-state index contributed by atoms with van der Waals surface area (Å²) in [5, 5.41) is 18.2. The Kier molecular flexibility index (Phi) is 4.73. The van der Waals surface area contributed by atoms with E-state index in [0.29, 0.717) is 11.1 Å². The molecule has 2 rings (SSSR count). The van der Waals surface area contributed by atoms with Gasteiger partial charge >= 0.3 is 5.97 Å². The summed E-state index contributed by atoms with van der Waals surface area (Å²) in [4.78, 5) is 11.4. The Balaban J connectivity index is 2.53. The summed E-state index contributed by atoms with van der Waals surface area (Å²) in [5.41, 5.74) is 3.72. The van der Waals surface area contributed by atoms with Crippen LogP contribution in [0.25, 0.3) is 11.1 Å². The van der Waals surface area contributed by atoms with E-state index in [-0.39, 0.29) is 0 Å². The lowest BCUT2D eigenvalue weighted by molar-refractivity contribution is 0.0695. The number of hydrogen-bond acceptors (Lipinski definition) is 2. The molecule has 0 bridgehead atoms. The van der Waals surface area contributed by atoms with Crippen LogP contribution in [0, 0.1) is 11.3 Å². The van der Waals surface area contributed by atoms with Crippen LogP contribution in [-0.2, 0) is 6.42 Å².